The fourth-order valence-corrected chi connectivity index (χ4v) is 7.39. The molecule has 5 rings (SSSR count). The Hall–Kier alpha value is -2.35. The van der Waals surface area contributed by atoms with Crippen LogP contribution in [0.15, 0.2) is 48.6 Å². The molecule has 1 aliphatic carbocycles. The highest BCUT2D eigenvalue weighted by Gasteiger charge is 2.38. The van der Waals surface area contributed by atoms with Crippen molar-refractivity contribution in [3.8, 4) is 5.75 Å². The van der Waals surface area contributed by atoms with E-state index in [2.05, 4.69) is 49.4 Å². The van der Waals surface area contributed by atoms with Crippen LogP contribution in [-0.2, 0) is 17.4 Å². The summed E-state index contributed by atoms with van der Waals surface area (Å²) in [5.74, 6) is 2.38. The van der Waals surface area contributed by atoms with Gasteiger partial charge in [-0.1, -0.05) is 84.7 Å². The normalized spacial score (nSPS) is 27.2. The molecule has 2 aromatic rings. The third-order valence-corrected chi connectivity index (χ3v) is 9.91. The standard InChI is InChI=1S/C31H39ClN2O4S.C4H10.C2H6/c1-3-5-21-14-25(32)10-12-26(21)24-17-34-16-23-8-11-27(23)29(35)7-4-6-20(2)19-39(37)33-31(36)22-9-13-30(38-18-24)28(34)15-22;1-4(2)3;1-2/h4,7,9-10,12-15,20,23-24,27,29,35H,3,5-6,8,11,16-19H2,1-2H3,(H,33,36);4H,1-3H3;1-2H3/b7-4+;;. The van der Waals surface area contributed by atoms with E-state index in [1.807, 2.05) is 51.1 Å². The van der Waals surface area contributed by atoms with E-state index in [4.69, 9.17) is 16.3 Å². The van der Waals surface area contributed by atoms with Crippen molar-refractivity contribution in [3.63, 3.8) is 0 Å². The molecule has 2 heterocycles. The molecular weight excluding hydrogens is 604 g/mol. The highest BCUT2D eigenvalue weighted by molar-refractivity contribution is 7.83. The van der Waals surface area contributed by atoms with Crippen molar-refractivity contribution < 1.29 is 18.8 Å². The number of benzene rings is 2. The smallest absolute Gasteiger partial charge is 0.263 e. The second-order valence-corrected chi connectivity index (χ2v) is 14.8. The van der Waals surface area contributed by atoms with E-state index in [0.29, 0.717) is 30.3 Å². The quantitative estimate of drug-likeness (QED) is 0.324. The van der Waals surface area contributed by atoms with E-state index in [0.717, 1.165) is 61.2 Å². The number of aliphatic hydroxyl groups excluding tert-OH is 1. The number of hydrogen-bond acceptors (Lipinski definition) is 5. The Morgan fingerprint density at radius 1 is 1.11 bits per heavy atom. The summed E-state index contributed by atoms with van der Waals surface area (Å²) in [4.78, 5) is 15.4. The van der Waals surface area contributed by atoms with Crippen molar-refractivity contribution in [1.82, 2.24) is 4.72 Å². The van der Waals surface area contributed by atoms with Gasteiger partial charge >= 0.3 is 0 Å². The predicted molar refractivity (Wildman–Crippen MR) is 190 cm³/mol. The van der Waals surface area contributed by atoms with E-state index < -0.39 is 17.1 Å². The van der Waals surface area contributed by atoms with Crippen molar-refractivity contribution in [1.29, 1.82) is 0 Å². The number of halogens is 1. The zero-order chi connectivity index (χ0) is 33.1. The highest BCUT2D eigenvalue weighted by atomic mass is 35.5. The molecule has 1 saturated carbocycles. The van der Waals surface area contributed by atoms with Gasteiger partial charge in [0.2, 0.25) is 0 Å². The van der Waals surface area contributed by atoms with Crippen LogP contribution in [-0.4, -0.2) is 46.8 Å². The number of rotatable bonds is 3. The summed E-state index contributed by atoms with van der Waals surface area (Å²) in [5.41, 5.74) is 3.84. The minimum atomic E-state index is -1.49. The topological polar surface area (TPSA) is 78.9 Å². The van der Waals surface area contributed by atoms with Gasteiger partial charge in [0.1, 0.15) is 16.7 Å². The molecule has 2 aliphatic heterocycles. The first-order chi connectivity index (χ1) is 21.5. The number of nitrogens with one attached hydrogen (secondary N) is 1. The molecule has 6 atom stereocenters. The Morgan fingerprint density at radius 3 is 2.51 bits per heavy atom. The van der Waals surface area contributed by atoms with Crippen molar-refractivity contribution in [2.75, 3.05) is 30.3 Å². The van der Waals surface area contributed by atoms with Crippen LogP contribution in [0, 0.1) is 23.7 Å². The average Bonchev–Trinajstić information content (AvgIpc) is 3.15. The lowest BCUT2D eigenvalue weighted by Crippen LogP contribution is -2.44. The van der Waals surface area contributed by atoms with Crippen molar-refractivity contribution in [2.45, 2.75) is 92.6 Å². The molecule has 1 fully saturated rings. The van der Waals surface area contributed by atoms with E-state index in [1.165, 1.54) is 11.1 Å². The minimum Gasteiger partial charge on any atom is -0.491 e. The lowest BCUT2D eigenvalue weighted by Gasteiger charge is -2.42. The first-order valence-electron chi connectivity index (χ1n) is 16.9. The number of carbonyl (C=O) groups excluding carboxylic acids is 1. The summed E-state index contributed by atoms with van der Waals surface area (Å²) in [6, 6.07) is 11.6. The summed E-state index contributed by atoms with van der Waals surface area (Å²) in [6.07, 6.45) is 8.16. The Kier molecular flexibility index (Phi) is 14.9. The van der Waals surface area contributed by atoms with Gasteiger partial charge in [-0.3, -0.25) is 9.52 Å². The monoisotopic (exact) mass is 658 g/mol. The average molecular weight is 659 g/mol. The van der Waals surface area contributed by atoms with Gasteiger partial charge in [0.05, 0.1) is 18.4 Å². The number of ether oxygens (including phenoxy) is 1. The lowest BCUT2D eigenvalue weighted by atomic mass is 9.70. The van der Waals surface area contributed by atoms with Gasteiger partial charge in [0.15, 0.2) is 0 Å². The number of carbonyl (C=O) groups is 1. The maximum atomic E-state index is 13.1. The highest BCUT2D eigenvalue weighted by Crippen LogP contribution is 2.42. The van der Waals surface area contributed by atoms with Crippen LogP contribution >= 0.6 is 11.6 Å². The number of aryl methyl sites for hydroxylation is 1. The fourth-order valence-electron chi connectivity index (χ4n) is 6.13. The number of anilines is 1. The molecule has 2 aromatic carbocycles. The van der Waals surface area contributed by atoms with Crippen molar-refractivity contribution in [2.24, 2.45) is 23.7 Å². The molecule has 2 N–H and O–H groups in total. The first-order valence-corrected chi connectivity index (χ1v) is 18.6. The van der Waals surface area contributed by atoms with E-state index in [9.17, 15) is 14.1 Å². The molecule has 8 heteroatoms. The van der Waals surface area contributed by atoms with Crippen molar-refractivity contribution in [3.05, 3.63) is 70.3 Å². The minimum absolute atomic E-state index is 0.122. The summed E-state index contributed by atoms with van der Waals surface area (Å²) in [6.45, 7) is 16.7. The number of amides is 1. The molecule has 1 amide bonds. The number of hydrogen-bond donors (Lipinski definition) is 2. The summed E-state index contributed by atoms with van der Waals surface area (Å²) in [7, 11) is -1.49. The molecule has 45 heavy (non-hydrogen) atoms. The van der Waals surface area contributed by atoms with E-state index >= 15 is 0 Å². The molecule has 0 aromatic heterocycles. The van der Waals surface area contributed by atoms with Crippen LogP contribution in [0.2, 0.25) is 5.02 Å². The predicted octanol–water partition coefficient (Wildman–Crippen LogP) is 8.34. The van der Waals surface area contributed by atoms with Crippen LogP contribution in [0.5, 0.6) is 5.75 Å². The number of nitrogens with zero attached hydrogens (tertiary/aromatic N) is 1. The van der Waals surface area contributed by atoms with Crippen LogP contribution in [0.1, 0.15) is 102 Å². The Labute approximate surface area is 279 Å². The van der Waals surface area contributed by atoms with Crippen LogP contribution < -0.4 is 14.4 Å². The van der Waals surface area contributed by atoms with Gasteiger partial charge in [-0.2, -0.15) is 0 Å². The largest absolute Gasteiger partial charge is 0.491 e. The maximum absolute atomic E-state index is 13.1. The molecule has 250 valence electrons. The number of aliphatic hydroxyl groups is 1. The Morgan fingerprint density at radius 2 is 1.84 bits per heavy atom. The number of allylic oxidation sites excluding steroid dienone is 1. The van der Waals surface area contributed by atoms with Gasteiger partial charge in [0, 0.05) is 35.3 Å². The van der Waals surface area contributed by atoms with Crippen molar-refractivity contribution >= 4 is 34.2 Å². The Balaban J connectivity index is 0.000000853. The van der Waals surface area contributed by atoms with Gasteiger partial charge < -0.3 is 14.7 Å². The summed E-state index contributed by atoms with van der Waals surface area (Å²) in [5, 5.41) is 11.7. The van der Waals surface area contributed by atoms with Gasteiger partial charge in [-0.05, 0) is 90.8 Å². The number of fused-ring (bicyclic) bond motifs is 2. The molecule has 6 unspecified atom stereocenters. The summed E-state index contributed by atoms with van der Waals surface area (Å²) >= 11 is 6.37. The molecule has 0 spiro atoms. The molecule has 6 nitrogen and oxygen atoms in total. The third-order valence-electron chi connectivity index (χ3n) is 8.39. The van der Waals surface area contributed by atoms with Crippen LogP contribution in [0.3, 0.4) is 0 Å². The second-order valence-electron chi connectivity index (χ2n) is 13.1. The van der Waals surface area contributed by atoms with Gasteiger partial charge in [-0.15, -0.1) is 0 Å². The van der Waals surface area contributed by atoms with Gasteiger partial charge in [-0.25, -0.2) is 4.21 Å². The zero-order valence-corrected chi connectivity index (χ0v) is 29.9. The molecular formula is C37H55ClN2O4S. The van der Waals surface area contributed by atoms with Crippen LogP contribution in [0.4, 0.5) is 5.69 Å². The second kappa shape index (κ2) is 18.1. The summed E-state index contributed by atoms with van der Waals surface area (Å²) < 4.78 is 21.7. The van der Waals surface area contributed by atoms with E-state index in [1.54, 1.807) is 6.07 Å². The molecule has 0 radical (unpaired) electrons. The zero-order valence-electron chi connectivity index (χ0n) is 28.4. The lowest BCUT2D eigenvalue weighted by molar-refractivity contribution is 0.0461. The first kappa shape index (κ1) is 37.1. The molecule has 3 aliphatic rings. The van der Waals surface area contributed by atoms with E-state index in [-0.39, 0.29) is 23.7 Å². The molecule has 0 saturated heterocycles. The maximum Gasteiger partial charge on any atom is 0.263 e. The third kappa shape index (κ3) is 10.6. The Bertz CT molecular complexity index is 1300. The SMILES string of the molecule is CC.CC(C)C.CCCc1cc(Cl)ccc1C1COc2ccc3cc2N(C1)CC1CCC1C(O)/C=C/CC(C)CS(=O)NC3=O. The molecule has 2 bridgehead atoms. The van der Waals surface area contributed by atoms with Gasteiger partial charge in [0.25, 0.3) is 5.91 Å². The van der Waals surface area contributed by atoms with Crippen LogP contribution in [0.25, 0.3) is 0 Å². The fraction of sp³-hybridized carbons (Fsp3) is 0.595.